The van der Waals surface area contributed by atoms with E-state index in [9.17, 15) is 17.6 Å². The Morgan fingerprint density at radius 3 is 0.895 bits per heavy atom. The standard InChI is InChI=1S/C11H16O2.2C11H16O.3C10H13Cl.C10H12F2.2C10H13F.CH4/c1-8(2)9-5-6-10(12-3)11(7-9)13-4;1-8(2)11-6-5-10(12-4)7-9(11)3;1-8(2)10-5-6-11(12-4)9(3)7-10;1-7(2)10-5-4-9(11)6-8(10)3;2*1-7(2)9-4-5-10(11)8(3)6-9;1-6(2)10-7(3)4-8(11)5-9(10)12;2*1-7(2)9-4-5-10(11)8(3)6-9;/h5-8H,1-4H3;2*5-8H,1-4H3;3*4-7H,1-3H3;4-6H,1-3H3;2*4-7H,1-3H3;1H4. The Bertz CT molecular complexity index is 3750. The van der Waals surface area contributed by atoms with Crippen LogP contribution >= 0.6 is 34.8 Å². The van der Waals surface area contributed by atoms with Crippen molar-refractivity contribution in [2.45, 2.75) is 241 Å². The van der Waals surface area contributed by atoms with Gasteiger partial charge in [0, 0.05) is 21.1 Å². The van der Waals surface area contributed by atoms with Crippen LogP contribution in [0.25, 0.3) is 0 Å². The maximum atomic E-state index is 13.1. The zero-order chi connectivity index (χ0) is 79.6. The van der Waals surface area contributed by atoms with E-state index in [1.165, 1.54) is 79.4 Å². The summed E-state index contributed by atoms with van der Waals surface area (Å²) >= 11 is 17.6. The number of rotatable bonds is 13. The van der Waals surface area contributed by atoms with E-state index in [2.05, 4.69) is 192 Å². The fourth-order valence-electron chi connectivity index (χ4n) is 10.7. The summed E-state index contributed by atoms with van der Waals surface area (Å²) in [6, 6.07) is 49.9. The molecule has 0 unspecified atom stereocenters. The molecule has 4 nitrogen and oxygen atoms in total. The summed E-state index contributed by atoms with van der Waals surface area (Å²) < 4.78 is 71.9. The molecule has 9 aromatic rings. The van der Waals surface area contributed by atoms with E-state index in [4.69, 9.17) is 53.8 Å². The van der Waals surface area contributed by atoms with Gasteiger partial charge in [-0.15, -0.1) is 0 Å². The van der Waals surface area contributed by atoms with Crippen molar-refractivity contribution in [3.8, 4) is 23.0 Å². The molecule has 0 spiro atoms. The normalized spacial score (nSPS) is 10.5. The fraction of sp³-hybridized carbons (Fsp3) is 0.426. The minimum absolute atomic E-state index is 0. The minimum Gasteiger partial charge on any atom is -0.497 e. The van der Waals surface area contributed by atoms with Crippen LogP contribution in [0.2, 0.25) is 15.1 Å². The Labute approximate surface area is 650 Å². The second-order valence-electron chi connectivity index (χ2n) is 29.1. The second kappa shape index (κ2) is 49.6. The Morgan fingerprint density at radius 1 is 0.257 bits per heavy atom. The van der Waals surface area contributed by atoms with Crippen molar-refractivity contribution < 1.29 is 36.5 Å². The molecule has 0 aromatic heterocycles. The number of aryl methyl sites for hydroxylation is 8. The molecule has 105 heavy (non-hydrogen) atoms. The Balaban J connectivity index is 0.00000116. The molecule has 0 aliphatic rings. The first-order chi connectivity index (χ1) is 48.5. The predicted octanol–water partition coefficient (Wildman–Crippen LogP) is 30.9. The number of hydrogen-bond acceptors (Lipinski definition) is 4. The first-order valence-corrected chi connectivity index (χ1v) is 37.5. The van der Waals surface area contributed by atoms with Crippen molar-refractivity contribution in [1.82, 2.24) is 0 Å². The maximum Gasteiger partial charge on any atom is 0.160 e. The van der Waals surface area contributed by atoms with Gasteiger partial charge in [-0.1, -0.05) is 246 Å². The SMILES string of the molecule is C.COc1ccc(C(C)C)c(C)c1.COc1ccc(C(C)C)cc1C.COc1ccc(C(C)C)cc1OC.Cc1cc(C(C)C)ccc1Cl.Cc1cc(C(C)C)ccc1Cl.Cc1cc(C(C)C)ccc1F.Cc1cc(C(C)C)ccc1F.Cc1cc(Cl)ccc1C(C)C.Cc1cc(F)cc(F)c1C(C)C. The monoisotopic (exact) mass is 1500 g/mol. The molecule has 0 bridgehead atoms. The summed E-state index contributed by atoms with van der Waals surface area (Å²) in [7, 11) is 6.70. The topological polar surface area (TPSA) is 36.9 Å². The third-order valence-electron chi connectivity index (χ3n) is 17.4. The average molecular weight is 1510 g/mol. The quantitative estimate of drug-likeness (QED) is 0.108. The number of hydrogen-bond donors (Lipinski definition) is 0. The minimum atomic E-state index is -0.505. The fourth-order valence-corrected chi connectivity index (χ4v) is 11.2. The summed E-state index contributed by atoms with van der Waals surface area (Å²) in [6.45, 7) is 54.1. The van der Waals surface area contributed by atoms with Gasteiger partial charge in [-0.25, -0.2) is 17.6 Å². The van der Waals surface area contributed by atoms with Crippen LogP contribution in [-0.4, -0.2) is 28.4 Å². The molecule has 0 heterocycles. The van der Waals surface area contributed by atoms with E-state index in [1.807, 2.05) is 100 Å². The number of methoxy groups -OCH3 is 4. The molecule has 0 aliphatic carbocycles. The number of halogens is 7. The molecular formula is C94H129Cl3F4O4. The van der Waals surface area contributed by atoms with E-state index < -0.39 is 11.6 Å². The van der Waals surface area contributed by atoms with E-state index >= 15 is 0 Å². The van der Waals surface area contributed by atoms with Gasteiger partial charge in [0.25, 0.3) is 0 Å². The van der Waals surface area contributed by atoms with Gasteiger partial charge in [0.05, 0.1) is 28.4 Å². The van der Waals surface area contributed by atoms with Gasteiger partial charge < -0.3 is 18.9 Å². The highest BCUT2D eigenvalue weighted by Crippen LogP contribution is 2.32. The van der Waals surface area contributed by atoms with Gasteiger partial charge >= 0.3 is 0 Å². The van der Waals surface area contributed by atoms with Gasteiger partial charge in [-0.2, -0.15) is 0 Å². The molecule has 578 valence electrons. The highest BCUT2D eigenvalue weighted by atomic mass is 35.5. The smallest absolute Gasteiger partial charge is 0.160 e. The van der Waals surface area contributed by atoms with E-state index in [1.54, 1.807) is 49.2 Å². The van der Waals surface area contributed by atoms with Gasteiger partial charge in [0.15, 0.2) is 11.5 Å². The van der Waals surface area contributed by atoms with Gasteiger partial charge in [-0.3, -0.25) is 0 Å². The summed E-state index contributed by atoms with van der Waals surface area (Å²) in [5.74, 6) is 6.85. The summed E-state index contributed by atoms with van der Waals surface area (Å²) in [5, 5.41) is 2.54. The lowest BCUT2D eigenvalue weighted by molar-refractivity contribution is 0.354. The van der Waals surface area contributed by atoms with Crippen LogP contribution < -0.4 is 18.9 Å². The zero-order valence-corrected chi connectivity index (χ0v) is 70.8. The number of benzene rings is 9. The molecule has 0 saturated carbocycles. The van der Waals surface area contributed by atoms with Crippen LogP contribution in [0.3, 0.4) is 0 Å². The van der Waals surface area contributed by atoms with Crippen molar-refractivity contribution in [2.24, 2.45) is 0 Å². The van der Waals surface area contributed by atoms with Gasteiger partial charge in [0.2, 0.25) is 0 Å². The Morgan fingerprint density at radius 2 is 0.590 bits per heavy atom. The average Bonchev–Trinajstić information content (AvgIpc) is 0.841. The van der Waals surface area contributed by atoms with Crippen molar-refractivity contribution >= 4 is 34.8 Å². The van der Waals surface area contributed by atoms with Crippen molar-refractivity contribution in [1.29, 1.82) is 0 Å². The molecule has 0 aliphatic heterocycles. The maximum absolute atomic E-state index is 13.1. The molecule has 0 amide bonds. The van der Waals surface area contributed by atoms with Gasteiger partial charge in [0.1, 0.15) is 34.8 Å². The number of ether oxygens (including phenoxy) is 4. The van der Waals surface area contributed by atoms with Crippen LogP contribution in [0.1, 0.15) is 280 Å². The third-order valence-corrected chi connectivity index (χ3v) is 18.5. The van der Waals surface area contributed by atoms with Crippen LogP contribution in [0.15, 0.2) is 158 Å². The lowest BCUT2D eigenvalue weighted by Crippen LogP contribution is -1.97. The van der Waals surface area contributed by atoms with E-state index in [0.717, 1.165) is 66.4 Å². The Kier molecular flexibility index (Phi) is 46.2. The lowest BCUT2D eigenvalue weighted by Gasteiger charge is -2.11. The predicted molar refractivity (Wildman–Crippen MR) is 450 cm³/mol. The molecular weight excluding hydrogens is 1380 g/mol. The van der Waals surface area contributed by atoms with Crippen LogP contribution in [-0.2, 0) is 0 Å². The molecule has 0 N–H and O–H groups in total. The molecule has 0 radical (unpaired) electrons. The van der Waals surface area contributed by atoms with Crippen LogP contribution in [0.5, 0.6) is 23.0 Å². The molecule has 11 heteroatoms. The summed E-state index contributed by atoms with van der Waals surface area (Å²) in [6.07, 6.45) is 0. The first kappa shape index (κ1) is 97.8. The highest BCUT2D eigenvalue weighted by Gasteiger charge is 2.13. The molecule has 0 saturated heterocycles. The Hall–Kier alpha value is -7.23. The summed E-state index contributed by atoms with van der Waals surface area (Å²) in [4.78, 5) is 0. The van der Waals surface area contributed by atoms with Crippen LogP contribution in [0, 0.1) is 78.7 Å². The molecule has 0 fully saturated rings. The summed E-state index contributed by atoms with van der Waals surface area (Å²) in [5.41, 5.74) is 19.4. The van der Waals surface area contributed by atoms with E-state index in [-0.39, 0.29) is 25.0 Å². The molecule has 9 rings (SSSR count). The highest BCUT2D eigenvalue weighted by molar-refractivity contribution is 6.31. The molecule has 9 aromatic carbocycles. The van der Waals surface area contributed by atoms with Crippen molar-refractivity contribution in [2.75, 3.05) is 28.4 Å². The lowest BCUT2D eigenvalue weighted by atomic mass is 9.97. The first-order valence-electron chi connectivity index (χ1n) is 36.3. The molecule has 0 atom stereocenters. The van der Waals surface area contributed by atoms with Crippen LogP contribution in [0.4, 0.5) is 17.6 Å². The third kappa shape index (κ3) is 35.4. The largest absolute Gasteiger partial charge is 0.497 e. The second-order valence-corrected chi connectivity index (χ2v) is 30.4. The zero-order valence-electron chi connectivity index (χ0n) is 68.5. The van der Waals surface area contributed by atoms with Crippen molar-refractivity contribution in [3.63, 3.8) is 0 Å². The van der Waals surface area contributed by atoms with Crippen molar-refractivity contribution in [3.05, 3.63) is 291 Å². The van der Waals surface area contributed by atoms with E-state index in [0.29, 0.717) is 58.5 Å². The van der Waals surface area contributed by atoms with Gasteiger partial charge in [-0.05, 0) is 276 Å².